The van der Waals surface area contributed by atoms with Gasteiger partial charge in [0.25, 0.3) is 5.91 Å². The SMILES string of the molecule is Cc1nc(C)c(C(=O)N2CCS[C@H](c3ccccc3)C2)o1. The van der Waals surface area contributed by atoms with E-state index >= 15 is 0 Å². The van der Waals surface area contributed by atoms with Gasteiger partial charge >= 0.3 is 0 Å². The van der Waals surface area contributed by atoms with Crippen molar-refractivity contribution in [2.75, 3.05) is 18.8 Å². The third-order valence-electron chi connectivity index (χ3n) is 3.62. The van der Waals surface area contributed by atoms with Gasteiger partial charge in [0.05, 0.1) is 5.69 Å². The maximum Gasteiger partial charge on any atom is 0.291 e. The highest BCUT2D eigenvalue weighted by Crippen LogP contribution is 2.33. The molecule has 1 atom stereocenters. The van der Waals surface area contributed by atoms with E-state index in [0.29, 0.717) is 29.1 Å². The average molecular weight is 302 g/mol. The first-order valence-electron chi connectivity index (χ1n) is 7.05. The lowest BCUT2D eigenvalue weighted by Gasteiger charge is -2.32. The van der Waals surface area contributed by atoms with Crippen LogP contribution in [0.2, 0.25) is 0 Å². The predicted molar refractivity (Wildman–Crippen MR) is 83.5 cm³/mol. The number of carbonyl (C=O) groups excluding carboxylic acids is 1. The fraction of sp³-hybridized carbons (Fsp3) is 0.375. The molecule has 0 unspecified atom stereocenters. The largest absolute Gasteiger partial charge is 0.436 e. The minimum absolute atomic E-state index is 0.0469. The van der Waals surface area contributed by atoms with Crippen molar-refractivity contribution in [2.24, 2.45) is 0 Å². The molecule has 0 saturated carbocycles. The van der Waals surface area contributed by atoms with E-state index in [2.05, 4.69) is 17.1 Å². The van der Waals surface area contributed by atoms with Gasteiger partial charge < -0.3 is 9.32 Å². The molecule has 0 aliphatic carbocycles. The second-order valence-electron chi connectivity index (χ2n) is 5.17. The molecule has 1 amide bonds. The Kier molecular flexibility index (Phi) is 4.01. The summed E-state index contributed by atoms with van der Waals surface area (Å²) in [6, 6.07) is 10.3. The zero-order valence-electron chi connectivity index (χ0n) is 12.2. The number of carbonyl (C=O) groups is 1. The van der Waals surface area contributed by atoms with E-state index in [4.69, 9.17) is 4.42 Å². The standard InChI is InChI=1S/C16H18N2O2S/c1-11-15(20-12(2)17-11)16(19)18-8-9-21-14(10-18)13-6-4-3-5-7-13/h3-7,14H,8-10H2,1-2H3/t14-/m0/s1. The second-order valence-corrected chi connectivity index (χ2v) is 6.48. The molecule has 2 aromatic rings. The summed E-state index contributed by atoms with van der Waals surface area (Å²) >= 11 is 1.90. The Bertz CT molecular complexity index is 639. The summed E-state index contributed by atoms with van der Waals surface area (Å²) in [5.41, 5.74) is 1.94. The molecular formula is C16H18N2O2S. The molecule has 0 N–H and O–H groups in total. The van der Waals surface area contributed by atoms with Gasteiger partial charge in [-0.05, 0) is 12.5 Å². The van der Waals surface area contributed by atoms with E-state index < -0.39 is 0 Å². The molecule has 1 fully saturated rings. The Labute approximate surface area is 128 Å². The number of nitrogens with zero attached hydrogens (tertiary/aromatic N) is 2. The maximum atomic E-state index is 12.6. The molecule has 1 aromatic heterocycles. The Morgan fingerprint density at radius 3 is 2.76 bits per heavy atom. The molecule has 21 heavy (non-hydrogen) atoms. The van der Waals surface area contributed by atoms with Gasteiger partial charge in [0, 0.05) is 31.0 Å². The highest BCUT2D eigenvalue weighted by Gasteiger charge is 2.28. The van der Waals surface area contributed by atoms with E-state index in [-0.39, 0.29) is 5.91 Å². The van der Waals surface area contributed by atoms with Crippen LogP contribution in [0.25, 0.3) is 0 Å². The van der Waals surface area contributed by atoms with Gasteiger partial charge in [-0.1, -0.05) is 30.3 Å². The quantitative estimate of drug-likeness (QED) is 0.854. The first-order chi connectivity index (χ1) is 10.1. The first-order valence-corrected chi connectivity index (χ1v) is 8.10. The Morgan fingerprint density at radius 2 is 2.10 bits per heavy atom. The van der Waals surface area contributed by atoms with Gasteiger partial charge in [-0.15, -0.1) is 0 Å². The fourth-order valence-corrected chi connectivity index (χ4v) is 3.82. The highest BCUT2D eigenvalue weighted by molar-refractivity contribution is 7.99. The van der Waals surface area contributed by atoms with E-state index in [1.54, 1.807) is 6.92 Å². The van der Waals surface area contributed by atoms with E-state index in [0.717, 1.165) is 12.3 Å². The summed E-state index contributed by atoms with van der Waals surface area (Å²) in [4.78, 5) is 18.7. The van der Waals surface area contributed by atoms with Crippen molar-refractivity contribution in [3.63, 3.8) is 0 Å². The zero-order valence-corrected chi connectivity index (χ0v) is 13.0. The minimum atomic E-state index is -0.0469. The van der Waals surface area contributed by atoms with Crippen molar-refractivity contribution in [2.45, 2.75) is 19.1 Å². The lowest BCUT2D eigenvalue weighted by atomic mass is 10.1. The molecule has 5 heteroatoms. The van der Waals surface area contributed by atoms with Crippen LogP contribution < -0.4 is 0 Å². The van der Waals surface area contributed by atoms with Crippen LogP contribution in [0.3, 0.4) is 0 Å². The van der Waals surface area contributed by atoms with Crippen molar-refractivity contribution < 1.29 is 9.21 Å². The fourth-order valence-electron chi connectivity index (χ4n) is 2.58. The van der Waals surface area contributed by atoms with Crippen LogP contribution in [-0.2, 0) is 0 Å². The van der Waals surface area contributed by atoms with Crippen LogP contribution in [0, 0.1) is 13.8 Å². The van der Waals surface area contributed by atoms with Gasteiger partial charge in [-0.2, -0.15) is 11.8 Å². The van der Waals surface area contributed by atoms with Gasteiger partial charge in [-0.3, -0.25) is 4.79 Å². The zero-order chi connectivity index (χ0) is 14.8. The average Bonchev–Trinajstić information content (AvgIpc) is 2.86. The number of oxazole rings is 1. The van der Waals surface area contributed by atoms with Crippen LogP contribution in [-0.4, -0.2) is 34.6 Å². The topological polar surface area (TPSA) is 46.3 Å². The summed E-state index contributed by atoms with van der Waals surface area (Å²) in [6.45, 7) is 5.05. The van der Waals surface area contributed by atoms with Crippen molar-refractivity contribution in [1.29, 1.82) is 0 Å². The van der Waals surface area contributed by atoms with E-state index in [1.165, 1.54) is 5.56 Å². The monoisotopic (exact) mass is 302 g/mol. The smallest absolute Gasteiger partial charge is 0.291 e. The van der Waals surface area contributed by atoms with Crippen molar-refractivity contribution in [3.8, 4) is 0 Å². The molecule has 2 heterocycles. The van der Waals surface area contributed by atoms with Crippen molar-refractivity contribution in [3.05, 3.63) is 53.2 Å². The molecule has 110 valence electrons. The molecule has 0 radical (unpaired) electrons. The number of benzene rings is 1. The molecule has 1 aliphatic heterocycles. The normalized spacial score (nSPS) is 18.8. The number of hydrogen-bond donors (Lipinski definition) is 0. The van der Waals surface area contributed by atoms with Gasteiger partial charge in [-0.25, -0.2) is 4.98 Å². The summed E-state index contributed by atoms with van der Waals surface area (Å²) in [7, 11) is 0. The van der Waals surface area contributed by atoms with Crippen LogP contribution in [0.15, 0.2) is 34.7 Å². The maximum absolute atomic E-state index is 12.6. The van der Waals surface area contributed by atoms with Crippen molar-refractivity contribution in [1.82, 2.24) is 9.88 Å². The molecule has 0 bridgehead atoms. The Morgan fingerprint density at radius 1 is 1.33 bits per heavy atom. The number of hydrogen-bond acceptors (Lipinski definition) is 4. The summed E-state index contributed by atoms with van der Waals surface area (Å²) in [5.74, 6) is 1.82. The number of amides is 1. The predicted octanol–water partition coefficient (Wildman–Crippen LogP) is 3.22. The Hall–Kier alpha value is -1.75. The summed E-state index contributed by atoms with van der Waals surface area (Å²) in [6.07, 6.45) is 0. The lowest BCUT2D eigenvalue weighted by Crippen LogP contribution is -2.39. The van der Waals surface area contributed by atoms with Gasteiger partial charge in [0.15, 0.2) is 5.89 Å². The molecule has 4 nitrogen and oxygen atoms in total. The number of rotatable bonds is 2. The number of aromatic nitrogens is 1. The van der Waals surface area contributed by atoms with E-state index in [1.807, 2.05) is 41.8 Å². The third kappa shape index (κ3) is 2.97. The van der Waals surface area contributed by atoms with E-state index in [9.17, 15) is 4.79 Å². The van der Waals surface area contributed by atoms with Crippen LogP contribution in [0.4, 0.5) is 0 Å². The molecule has 1 aromatic carbocycles. The van der Waals surface area contributed by atoms with Crippen LogP contribution in [0.5, 0.6) is 0 Å². The first kappa shape index (κ1) is 14.2. The third-order valence-corrected chi connectivity index (χ3v) is 4.86. The summed E-state index contributed by atoms with van der Waals surface area (Å²) in [5, 5.41) is 0.327. The lowest BCUT2D eigenvalue weighted by molar-refractivity contribution is 0.0727. The Balaban J connectivity index is 1.77. The molecule has 1 aliphatic rings. The van der Waals surface area contributed by atoms with Gasteiger partial charge in [0.1, 0.15) is 0 Å². The molecule has 0 spiro atoms. The minimum Gasteiger partial charge on any atom is -0.436 e. The summed E-state index contributed by atoms with van der Waals surface area (Å²) < 4.78 is 5.46. The molecule has 3 rings (SSSR count). The number of thioether (sulfide) groups is 1. The number of aryl methyl sites for hydroxylation is 2. The van der Waals surface area contributed by atoms with Gasteiger partial charge in [0.2, 0.25) is 5.76 Å². The van der Waals surface area contributed by atoms with Crippen molar-refractivity contribution >= 4 is 17.7 Å². The molecular weight excluding hydrogens is 284 g/mol. The molecule has 1 saturated heterocycles. The second kappa shape index (κ2) is 5.93. The van der Waals surface area contributed by atoms with Crippen LogP contribution in [0.1, 0.15) is 33.0 Å². The van der Waals surface area contributed by atoms with Crippen LogP contribution >= 0.6 is 11.8 Å². The highest BCUT2D eigenvalue weighted by atomic mass is 32.2.